The summed E-state index contributed by atoms with van der Waals surface area (Å²) in [6.07, 6.45) is 0. The van der Waals surface area contributed by atoms with Crippen LogP contribution in [-0.4, -0.2) is 16.9 Å². The number of ether oxygens (including phenoxy) is 2. The quantitative estimate of drug-likeness (QED) is 0.364. The summed E-state index contributed by atoms with van der Waals surface area (Å²) >= 11 is 0. The minimum absolute atomic E-state index is 0.106. The van der Waals surface area contributed by atoms with Gasteiger partial charge in [-0.1, -0.05) is 12.1 Å². The van der Waals surface area contributed by atoms with Gasteiger partial charge in [-0.25, -0.2) is 4.79 Å². The van der Waals surface area contributed by atoms with Crippen LogP contribution in [0.2, 0.25) is 0 Å². The molecular formula is C16H13NO6. The average Bonchev–Trinajstić information content (AvgIpc) is 2.48. The summed E-state index contributed by atoms with van der Waals surface area (Å²) in [5.74, 6) is -0.895. The fraction of sp³-hybridized carbons (Fsp3) is 0.125. The Hall–Kier alpha value is -3.22. The second kappa shape index (κ2) is 7.17. The highest BCUT2D eigenvalue weighted by Gasteiger charge is 2.16. The molecule has 23 heavy (non-hydrogen) atoms. The number of nitrogens with zero attached hydrogens (tertiary/aromatic N) is 1. The lowest BCUT2D eigenvalue weighted by molar-refractivity contribution is -0.496. The highest BCUT2D eigenvalue weighted by molar-refractivity contribution is 5.94. The highest BCUT2D eigenvalue weighted by Crippen LogP contribution is 2.21. The molecule has 0 saturated carbocycles. The number of benzene rings is 2. The maximum atomic E-state index is 12.2. The molecule has 7 nitrogen and oxygen atoms in total. The Morgan fingerprint density at radius 1 is 1.04 bits per heavy atom. The van der Waals surface area contributed by atoms with Crippen molar-refractivity contribution in [3.05, 3.63) is 69.8 Å². The standard InChI is InChI=1S/C16H13NO6/c1-11(18)22-15-5-3-2-4-14(15)16(19)23-13-8-6-12(7-9-13)10-17(20)21/h2-9H,10H2,1H3. The number of nitro groups is 1. The first-order chi connectivity index (χ1) is 11.0. The number of rotatable bonds is 5. The largest absolute Gasteiger partial charge is 0.426 e. The summed E-state index contributed by atoms with van der Waals surface area (Å²) in [6, 6.07) is 12.1. The van der Waals surface area contributed by atoms with E-state index in [9.17, 15) is 19.7 Å². The second-order valence-corrected chi connectivity index (χ2v) is 4.61. The van der Waals surface area contributed by atoms with Crippen molar-refractivity contribution < 1.29 is 24.0 Å². The Morgan fingerprint density at radius 3 is 2.30 bits per heavy atom. The van der Waals surface area contributed by atoms with E-state index in [0.717, 1.165) is 0 Å². The van der Waals surface area contributed by atoms with E-state index >= 15 is 0 Å². The van der Waals surface area contributed by atoms with Gasteiger partial charge in [-0.2, -0.15) is 0 Å². The van der Waals surface area contributed by atoms with Crippen LogP contribution in [0.4, 0.5) is 0 Å². The Labute approximate surface area is 131 Å². The van der Waals surface area contributed by atoms with E-state index < -0.39 is 16.9 Å². The number of carbonyl (C=O) groups excluding carboxylic acids is 2. The molecule has 0 amide bonds. The van der Waals surface area contributed by atoms with Gasteiger partial charge >= 0.3 is 11.9 Å². The van der Waals surface area contributed by atoms with Gasteiger partial charge in [0.05, 0.1) is 0 Å². The molecule has 0 fully saturated rings. The van der Waals surface area contributed by atoms with Crippen molar-refractivity contribution in [2.45, 2.75) is 13.5 Å². The van der Waals surface area contributed by atoms with Crippen LogP contribution >= 0.6 is 0 Å². The zero-order valence-corrected chi connectivity index (χ0v) is 12.2. The number of hydrogen-bond donors (Lipinski definition) is 0. The fourth-order valence-corrected chi connectivity index (χ4v) is 1.85. The van der Waals surface area contributed by atoms with Crippen LogP contribution in [0.1, 0.15) is 22.8 Å². The van der Waals surface area contributed by atoms with Gasteiger partial charge in [-0.05, 0) is 36.4 Å². The Balaban J connectivity index is 2.13. The molecular weight excluding hydrogens is 302 g/mol. The van der Waals surface area contributed by atoms with Gasteiger partial charge in [0.25, 0.3) is 0 Å². The maximum Gasteiger partial charge on any atom is 0.347 e. The molecule has 118 valence electrons. The second-order valence-electron chi connectivity index (χ2n) is 4.61. The Kier molecular flexibility index (Phi) is 5.03. The van der Waals surface area contributed by atoms with Crippen molar-refractivity contribution in [2.75, 3.05) is 0 Å². The molecule has 2 aromatic carbocycles. The zero-order valence-electron chi connectivity index (χ0n) is 12.2. The first-order valence-corrected chi connectivity index (χ1v) is 6.66. The summed E-state index contributed by atoms with van der Waals surface area (Å²) in [5.41, 5.74) is 0.604. The van der Waals surface area contributed by atoms with Crippen molar-refractivity contribution in [3.8, 4) is 11.5 Å². The van der Waals surface area contributed by atoms with E-state index in [4.69, 9.17) is 9.47 Å². The third-order valence-electron chi connectivity index (χ3n) is 2.81. The first kappa shape index (κ1) is 16.2. The summed E-state index contributed by atoms with van der Waals surface area (Å²) in [4.78, 5) is 33.2. The van der Waals surface area contributed by atoms with Crippen molar-refractivity contribution in [3.63, 3.8) is 0 Å². The van der Waals surface area contributed by atoms with Crippen LogP contribution in [0.15, 0.2) is 48.5 Å². The van der Waals surface area contributed by atoms with Gasteiger partial charge in [-0.3, -0.25) is 14.9 Å². The van der Waals surface area contributed by atoms with E-state index in [-0.39, 0.29) is 23.6 Å². The Bertz CT molecular complexity index is 738. The molecule has 0 saturated heterocycles. The third kappa shape index (κ3) is 4.63. The number of para-hydroxylation sites is 1. The van der Waals surface area contributed by atoms with E-state index in [2.05, 4.69) is 0 Å². The molecule has 0 spiro atoms. The minimum Gasteiger partial charge on any atom is -0.426 e. The normalized spacial score (nSPS) is 9.96. The Morgan fingerprint density at radius 2 is 1.70 bits per heavy atom. The van der Waals surface area contributed by atoms with Gasteiger partial charge in [0.2, 0.25) is 6.54 Å². The van der Waals surface area contributed by atoms with Crippen LogP contribution in [0.3, 0.4) is 0 Å². The van der Waals surface area contributed by atoms with Crippen molar-refractivity contribution >= 4 is 11.9 Å². The van der Waals surface area contributed by atoms with Crippen LogP contribution in [0.25, 0.3) is 0 Å². The summed E-state index contributed by atoms with van der Waals surface area (Å²) in [6.45, 7) is 0.930. The molecule has 0 aliphatic rings. The van der Waals surface area contributed by atoms with E-state index in [1.54, 1.807) is 12.1 Å². The molecule has 7 heteroatoms. The molecule has 0 radical (unpaired) electrons. The van der Waals surface area contributed by atoms with Crippen molar-refractivity contribution in [2.24, 2.45) is 0 Å². The van der Waals surface area contributed by atoms with Crippen LogP contribution in [0, 0.1) is 10.1 Å². The third-order valence-corrected chi connectivity index (χ3v) is 2.81. The summed E-state index contributed by atoms with van der Waals surface area (Å²) < 4.78 is 10.1. The summed E-state index contributed by atoms with van der Waals surface area (Å²) in [5, 5.41) is 10.4. The topological polar surface area (TPSA) is 95.7 Å². The predicted molar refractivity (Wildman–Crippen MR) is 79.8 cm³/mol. The van der Waals surface area contributed by atoms with Crippen LogP contribution in [0.5, 0.6) is 11.5 Å². The predicted octanol–water partition coefficient (Wildman–Crippen LogP) is 2.61. The zero-order chi connectivity index (χ0) is 16.8. The molecule has 0 bridgehead atoms. The number of carbonyl (C=O) groups is 2. The first-order valence-electron chi connectivity index (χ1n) is 6.66. The van der Waals surface area contributed by atoms with Gasteiger partial charge in [0, 0.05) is 17.4 Å². The molecule has 0 atom stereocenters. The lowest BCUT2D eigenvalue weighted by Gasteiger charge is -2.08. The molecule has 0 N–H and O–H groups in total. The van der Waals surface area contributed by atoms with Gasteiger partial charge < -0.3 is 9.47 Å². The van der Waals surface area contributed by atoms with Gasteiger partial charge in [-0.15, -0.1) is 0 Å². The number of esters is 2. The molecule has 2 aromatic rings. The van der Waals surface area contributed by atoms with Gasteiger partial charge in [0.1, 0.15) is 17.1 Å². The van der Waals surface area contributed by atoms with Crippen molar-refractivity contribution in [1.82, 2.24) is 0 Å². The van der Waals surface area contributed by atoms with E-state index in [1.165, 1.54) is 43.3 Å². The lowest BCUT2D eigenvalue weighted by Crippen LogP contribution is -2.12. The molecule has 2 rings (SSSR count). The maximum absolute atomic E-state index is 12.2. The molecule has 0 unspecified atom stereocenters. The van der Waals surface area contributed by atoms with Crippen LogP contribution < -0.4 is 9.47 Å². The highest BCUT2D eigenvalue weighted by atomic mass is 16.6. The van der Waals surface area contributed by atoms with E-state index in [1.807, 2.05) is 0 Å². The number of hydrogen-bond acceptors (Lipinski definition) is 6. The van der Waals surface area contributed by atoms with Crippen LogP contribution in [-0.2, 0) is 11.3 Å². The van der Waals surface area contributed by atoms with Gasteiger partial charge in [0.15, 0.2) is 0 Å². The molecule has 0 aliphatic heterocycles. The molecule has 0 aliphatic carbocycles. The molecule has 0 aromatic heterocycles. The minimum atomic E-state index is -0.691. The molecule has 0 heterocycles. The van der Waals surface area contributed by atoms with E-state index in [0.29, 0.717) is 5.56 Å². The summed E-state index contributed by atoms with van der Waals surface area (Å²) in [7, 11) is 0. The average molecular weight is 315 g/mol. The monoisotopic (exact) mass is 315 g/mol. The smallest absolute Gasteiger partial charge is 0.347 e. The SMILES string of the molecule is CC(=O)Oc1ccccc1C(=O)Oc1ccc(C[N+](=O)[O-])cc1. The fourth-order valence-electron chi connectivity index (χ4n) is 1.85. The lowest BCUT2D eigenvalue weighted by atomic mass is 10.2. The van der Waals surface area contributed by atoms with Crippen molar-refractivity contribution in [1.29, 1.82) is 0 Å².